The number of nitrogens with zero attached hydrogens (tertiary/aromatic N) is 1. The lowest BCUT2D eigenvalue weighted by molar-refractivity contribution is -0.114. The number of anilines is 1. The lowest BCUT2D eigenvalue weighted by atomic mass is 10.0. The van der Waals surface area contributed by atoms with Crippen molar-refractivity contribution in [3.05, 3.63) is 50.8 Å². The predicted octanol–water partition coefficient (Wildman–Crippen LogP) is 3.09. The van der Waals surface area contributed by atoms with Gasteiger partial charge in [0.05, 0.1) is 22.2 Å². The zero-order chi connectivity index (χ0) is 15.7. The summed E-state index contributed by atoms with van der Waals surface area (Å²) < 4.78 is 5.60. The molecular weight excluding hydrogens is 368 g/mol. The number of carbonyl (C=O) groups is 2. The number of aliphatic imine (C=N–C) groups is 1. The third kappa shape index (κ3) is 2.82. The number of nitrogens with one attached hydrogen (secondary N) is 1. The van der Waals surface area contributed by atoms with E-state index in [1.54, 1.807) is 24.3 Å². The first-order valence-corrected chi connectivity index (χ1v) is 8.02. The molecule has 1 aromatic carbocycles. The number of hydrogen-bond donors (Lipinski definition) is 1. The molecule has 2 aromatic rings. The van der Waals surface area contributed by atoms with Gasteiger partial charge in [-0.2, -0.15) is 0 Å². The molecular formula is C15H11BrN2O3S. The molecule has 3 rings (SSSR count). The molecule has 0 fully saturated rings. The first-order valence-electron chi connectivity index (χ1n) is 6.41. The summed E-state index contributed by atoms with van der Waals surface area (Å²) in [4.78, 5) is 27.6. The van der Waals surface area contributed by atoms with Crippen molar-refractivity contribution >= 4 is 49.9 Å². The molecule has 0 radical (unpaired) electrons. The summed E-state index contributed by atoms with van der Waals surface area (Å²) in [7, 11) is 1.35. The van der Waals surface area contributed by atoms with Crippen molar-refractivity contribution in [2.45, 2.75) is 0 Å². The SMILES string of the molecule is COC(=O)c1ccc(C2=NCC(=O)Nc3sc(Br)cc32)cc1. The Morgan fingerprint density at radius 2 is 2.09 bits per heavy atom. The third-order valence-electron chi connectivity index (χ3n) is 3.17. The van der Waals surface area contributed by atoms with Crippen molar-refractivity contribution in [2.75, 3.05) is 19.0 Å². The highest BCUT2D eigenvalue weighted by molar-refractivity contribution is 9.11. The normalized spacial score (nSPS) is 13.7. The van der Waals surface area contributed by atoms with Crippen LogP contribution in [0.3, 0.4) is 0 Å². The molecule has 1 N–H and O–H groups in total. The highest BCUT2D eigenvalue weighted by Crippen LogP contribution is 2.34. The molecule has 0 unspecified atom stereocenters. The van der Waals surface area contributed by atoms with Crippen LogP contribution in [0.1, 0.15) is 21.5 Å². The molecule has 22 heavy (non-hydrogen) atoms. The fourth-order valence-electron chi connectivity index (χ4n) is 2.16. The van der Waals surface area contributed by atoms with Crippen molar-refractivity contribution < 1.29 is 14.3 Å². The molecule has 1 aliphatic heterocycles. The second-order valence-corrected chi connectivity index (χ2v) is 7.01. The number of halogens is 1. The van der Waals surface area contributed by atoms with Crippen molar-refractivity contribution in [1.82, 2.24) is 0 Å². The monoisotopic (exact) mass is 378 g/mol. The first-order chi connectivity index (χ1) is 10.6. The van der Waals surface area contributed by atoms with Crippen LogP contribution in [-0.2, 0) is 9.53 Å². The van der Waals surface area contributed by atoms with E-state index in [4.69, 9.17) is 0 Å². The number of ether oxygens (including phenoxy) is 1. The molecule has 1 aromatic heterocycles. The van der Waals surface area contributed by atoms with Crippen molar-refractivity contribution in [3.8, 4) is 0 Å². The molecule has 0 aliphatic carbocycles. The number of benzene rings is 1. The van der Waals surface area contributed by atoms with Gasteiger partial charge in [0.1, 0.15) is 11.5 Å². The van der Waals surface area contributed by atoms with Crippen LogP contribution >= 0.6 is 27.3 Å². The molecule has 0 saturated heterocycles. The Morgan fingerprint density at radius 3 is 2.77 bits per heavy atom. The van der Waals surface area contributed by atoms with Crippen LogP contribution in [-0.4, -0.2) is 31.2 Å². The van der Waals surface area contributed by atoms with E-state index in [0.29, 0.717) is 5.56 Å². The van der Waals surface area contributed by atoms with E-state index < -0.39 is 0 Å². The van der Waals surface area contributed by atoms with Crippen LogP contribution in [0.25, 0.3) is 0 Å². The first kappa shape index (κ1) is 14.9. The Hall–Kier alpha value is -1.99. The van der Waals surface area contributed by atoms with E-state index in [1.165, 1.54) is 18.4 Å². The van der Waals surface area contributed by atoms with E-state index >= 15 is 0 Å². The van der Waals surface area contributed by atoms with E-state index in [1.807, 2.05) is 6.07 Å². The number of amides is 1. The summed E-state index contributed by atoms with van der Waals surface area (Å²) in [6.45, 7) is 0.0765. The minimum absolute atomic E-state index is 0.0765. The third-order valence-corrected chi connectivity index (χ3v) is 4.72. The van der Waals surface area contributed by atoms with Crippen molar-refractivity contribution in [1.29, 1.82) is 0 Å². The molecule has 5 nitrogen and oxygen atoms in total. The molecule has 1 amide bonds. The fourth-order valence-corrected chi connectivity index (χ4v) is 3.68. The second-order valence-electron chi connectivity index (χ2n) is 4.58. The maximum atomic E-state index is 11.7. The quantitative estimate of drug-likeness (QED) is 0.816. The summed E-state index contributed by atoms with van der Waals surface area (Å²) in [5, 5.41) is 3.61. The smallest absolute Gasteiger partial charge is 0.337 e. The number of methoxy groups -OCH3 is 1. The van der Waals surface area contributed by atoms with Crippen molar-refractivity contribution in [3.63, 3.8) is 0 Å². The molecule has 1 aliphatic rings. The molecule has 112 valence electrons. The van der Waals surface area contributed by atoms with Crippen LogP contribution in [0.15, 0.2) is 39.1 Å². The van der Waals surface area contributed by atoms with Gasteiger partial charge in [0.15, 0.2) is 0 Å². The fraction of sp³-hybridized carbons (Fsp3) is 0.133. The van der Waals surface area contributed by atoms with Crippen LogP contribution < -0.4 is 5.32 Å². The highest BCUT2D eigenvalue weighted by atomic mass is 79.9. The number of hydrogen-bond acceptors (Lipinski definition) is 5. The van der Waals surface area contributed by atoms with Gasteiger partial charge >= 0.3 is 5.97 Å². The van der Waals surface area contributed by atoms with Crippen LogP contribution in [0, 0.1) is 0 Å². The van der Waals surface area contributed by atoms with E-state index in [0.717, 1.165) is 25.6 Å². The van der Waals surface area contributed by atoms with Gasteiger partial charge in [-0.15, -0.1) is 11.3 Å². The predicted molar refractivity (Wildman–Crippen MR) is 88.9 cm³/mol. The highest BCUT2D eigenvalue weighted by Gasteiger charge is 2.20. The largest absolute Gasteiger partial charge is 0.465 e. The van der Waals surface area contributed by atoms with Crippen molar-refractivity contribution in [2.24, 2.45) is 4.99 Å². The maximum absolute atomic E-state index is 11.7. The van der Waals surface area contributed by atoms with Gasteiger partial charge in [-0.3, -0.25) is 9.79 Å². The second kappa shape index (κ2) is 6.02. The number of esters is 1. The number of thiophene rings is 1. The molecule has 0 saturated carbocycles. The Morgan fingerprint density at radius 1 is 1.36 bits per heavy atom. The molecule has 7 heteroatoms. The van der Waals surface area contributed by atoms with Gasteiger partial charge < -0.3 is 10.1 Å². The summed E-state index contributed by atoms with van der Waals surface area (Å²) in [5.41, 5.74) is 2.91. The lowest BCUT2D eigenvalue weighted by Crippen LogP contribution is -2.12. The van der Waals surface area contributed by atoms with Gasteiger partial charge in [0.25, 0.3) is 0 Å². The summed E-state index contributed by atoms with van der Waals surface area (Å²) in [5.74, 6) is -0.526. The minimum atomic E-state index is -0.384. The Labute approximate surface area is 139 Å². The number of fused-ring (bicyclic) bond motifs is 1. The maximum Gasteiger partial charge on any atom is 0.337 e. The van der Waals surface area contributed by atoms with Gasteiger partial charge in [0.2, 0.25) is 5.91 Å². The van der Waals surface area contributed by atoms with Gasteiger partial charge in [-0.25, -0.2) is 4.79 Å². The topological polar surface area (TPSA) is 67.8 Å². The molecule has 0 bridgehead atoms. The molecule has 0 spiro atoms. The van der Waals surface area contributed by atoms with Crippen LogP contribution in [0.4, 0.5) is 5.00 Å². The Balaban J connectivity index is 2.03. The Kier molecular flexibility index (Phi) is 4.08. The van der Waals surface area contributed by atoms with E-state index in [9.17, 15) is 9.59 Å². The summed E-state index contributed by atoms with van der Waals surface area (Å²) in [6, 6.07) is 8.90. The van der Waals surface area contributed by atoms with Gasteiger partial charge in [-0.1, -0.05) is 12.1 Å². The molecule has 0 atom stereocenters. The lowest BCUT2D eigenvalue weighted by Gasteiger charge is -2.06. The average molecular weight is 379 g/mol. The number of carbonyl (C=O) groups excluding carboxylic acids is 2. The van der Waals surface area contributed by atoms with Gasteiger partial charge in [-0.05, 0) is 34.1 Å². The van der Waals surface area contributed by atoms with Gasteiger partial charge in [0, 0.05) is 11.1 Å². The summed E-state index contributed by atoms with van der Waals surface area (Å²) >= 11 is 4.88. The number of rotatable bonds is 2. The zero-order valence-electron chi connectivity index (χ0n) is 11.6. The van der Waals surface area contributed by atoms with E-state index in [-0.39, 0.29) is 18.4 Å². The minimum Gasteiger partial charge on any atom is -0.465 e. The Bertz CT molecular complexity index is 781. The van der Waals surface area contributed by atoms with Crippen LogP contribution in [0.2, 0.25) is 0 Å². The summed E-state index contributed by atoms with van der Waals surface area (Å²) in [6.07, 6.45) is 0. The molecule has 2 heterocycles. The standard InChI is InChI=1S/C15H11BrN2O3S/c1-21-15(20)9-4-2-8(3-5-9)13-10-6-11(16)22-14(10)18-12(19)7-17-13/h2-6H,7H2,1H3,(H,18,19). The zero-order valence-corrected chi connectivity index (χ0v) is 14.0. The van der Waals surface area contributed by atoms with Crippen LogP contribution in [0.5, 0.6) is 0 Å². The van der Waals surface area contributed by atoms with E-state index in [2.05, 4.69) is 31.0 Å². The average Bonchev–Trinajstić information content (AvgIpc) is 2.80.